The van der Waals surface area contributed by atoms with E-state index in [1.54, 1.807) is 0 Å². The lowest BCUT2D eigenvalue weighted by Crippen LogP contribution is -2.35. The zero-order valence-electron chi connectivity index (χ0n) is 9.93. The van der Waals surface area contributed by atoms with Crippen molar-refractivity contribution >= 4 is 16.0 Å². The monoisotopic (exact) mass is 261 g/mol. The number of sulfonamides is 1. The van der Waals surface area contributed by atoms with Gasteiger partial charge >= 0.3 is 5.97 Å². The van der Waals surface area contributed by atoms with Crippen LogP contribution in [0.2, 0.25) is 0 Å². The molecule has 17 heavy (non-hydrogen) atoms. The fraction of sp³-hybridized carbons (Fsp3) is 0.909. The molecule has 5 nitrogen and oxygen atoms in total. The van der Waals surface area contributed by atoms with Crippen molar-refractivity contribution in [1.82, 2.24) is 4.72 Å². The highest BCUT2D eigenvalue weighted by molar-refractivity contribution is 7.90. The number of hydrogen-bond donors (Lipinski definition) is 2. The van der Waals surface area contributed by atoms with Crippen LogP contribution in [-0.4, -0.2) is 30.8 Å². The maximum atomic E-state index is 11.8. The van der Waals surface area contributed by atoms with Crippen LogP contribution in [-0.2, 0) is 14.8 Å². The molecular weight excluding hydrogens is 242 g/mol. The molecule has 3 atom stereocenters. The van der Waals surface area contributed by atoms with Gasteiger partial charge < -0.3 is 5.11 Å². The summed E-state index contributed by atoms with van der Waals surface area (Å²) in [5.74, 6) is -1.10. The van der Waals surface area contributed by atoms with Crippen molar-refractivity contribution in [1.29, 1.82) is 0 Å². The Morgan fingerprint density at radius 1 is 1.35 bits per heavy atom. The van der Waals surface area contributed by atoms with E-state index in [2.05, 4.69) is 4.72 Å². The summed E-state index contributed by atoms with van der Waals surface area (Å²) in [6.07, 6.45) is 3.35. The van der Waals surface area contributed by atoms with Gasteiger partial charge in [0, 0.05) is 6.04 Å². The van der Waals surface area contributed by atoms with Crippen molar-refractivity contribution < 1.29 is 18.3 Å². The minimum Gasteiger partial charge on any atom is -0.481 e. The Balaban J connectivity index is 1.98. The van der Waals surface area contributed by atoms with Gasteiger partial charge in [-0.2, -0.15) is 0 Å². The van der Waals surface area contributed by atoms with Crippen molar-refractivity contribution in [2.45, 2.75) is 50.3 Å². The molecule has 0 bridgehead atoms. The Morgan fingerprint density at radius 2 is 2.00 bits per heavy atom. The fourth-order valence-corrected chi connectivity index (χ4v) is 4.29. The van der Waals surface area contributed by atoms with E-state index in [0.29, 0.717) is 12.8 Å². The lowest BCUT2D eigenvalue weighted by atomic mass is 9.94. The Kier molecular flexibility index (Phi) is 3.45. The Labute approximate surface area is 102 Å². The van der Waals surface area contributed by atoms with E-state index in [1.807, 2.05) is 6.92 Å². The SMILES string of the molecule is CC[C@@H]1C[C@H](NS(=O)(=O)C2CC2)C[C@@H]1C(=O)O. The normalized spacial score (nSPS) is 33.8. The quantitative estimate of drug-likeness (QED) is 0.772. The highest BCUT2D eigenvalue weighted by atomic mass is 32.2. The lowest BCUT2D eigenvalue weighted by Gasteiger charge is -2.12. The highest BCUT2D eigenvalue weighted by Gasteiger charge is 2.42. The summed E-state index contributed by atoms with van der Waals surface area (Å²) in [7, 11) is -3.19. The molecule has 0 aromatic carbocycles. The van der Waals surface area contributed by atoms with Crippen LogP contribution in [0.1, 0.15) is 39.0 Å². The number of carbonyl (C=O) groups is 1. The average Bonchev–Trinajstić information content (AvgIpc) is 3.01. The molecule has 2 N–H and O–H groups in total. The predicted molar refractivity (Wildman–Crippen MR) is 63.0 cm³/mol. The predicted octanol–water partition coefficient (Wildman–Crippen LogP) is 0.958. The van der Waals surface area contributed by atoms with Crippen LogP contribution >= 0.6 is 0 Å². The van der Waals surface area contributed by atoms with Gasteiger partial charge in [-0.1, -0.05) is 13.3 Å². The first-order chi connectivity index (χ1) is 7.94. The third-order valence-electron chi connectivity index (χ3n) is 3.83. The first-order valence-electron chi connectivity index (χ1n) is 6.18. The first kappa shape index (κ1) is 12.8. The number of carboxylic acids is 1. The lowest BCUT2D eigenvalue weighted by molar-refractivity contribution is -0.143. The second-order valence-electron chi connectivity index (χ2n) is 5.14. The van der Waals surface area contributed by atoms with Gasteiger partial charge in [0.1, 0.15) is 0 Å². The molecule has 0 saturated heterocycles. The van der Waals surface area contributed by atoms with Crippen molar-refractivity contribution in [3.8, 4) is 0 Å². The van der Waals surface area contributed by atoms with Crippen molar-refractivity contribution in [2.24, 2.45) is 11.8 Å². The van der Waals surface area contributed by atoms with Crippen LogP contribution in [0.4, 0.5) is 0 Å². The zero-order chi connectivity index (χ0) is 12.6. The number of hydrogen-bond acceptors (Lipinski definition) is 3. The van der Waals surface area contributed by atoms with E-state index in [0.717, 1.165) is 19.3 Å². The number of carboxylic acid groups (broad SMARTS) is 1. The molecule has 2 rings (SSSR count). The zero-order valence-corrected chi connectivity index (χ0v) is 10.7. The molecule has 0 unspecified atom stereocenters. The van der Waals surface area contributed by atoms with Crippen LogP contribution < -0.4 is 4.72 Å². The third-order valence-corrected chi connectivity index (χ3v) is 5.84. The molecule has 2 aliphatic carbocycles. The number of rotatable bonds is 5. The smallest absolute Gasteiger partial charge is 0.306 e. The van der Waals surface area contributed by atoms with Gasteiger partial charge in [0.25, 0.3) is 0 Å². The van der Waals surface area contributed by atoms with Gasteiger partial charge in [0.05, 0.1) is 11.2 Å². The van der Waals surface area contributed by atoms with Crippen molar-refractivity contribution in [3.05, 3.63) is 0 Å². The fourth-order valence-electron chi connectivity index (χ4n) is 2.68. The van der Waals surface area contributed by atoms with Gasteiger partial charge in [0.15, 0.2) is 0 Å². The summed E-state index contributed by atoms with van der Waals surface area (Å²) < 4.78 is 26.2. The standard InChI is InChI=1S/C11H19NO4S/c1-2-7-5-8(6-10(7)11(13)14)12-17(15,16)9-3-4-9/h7-10,12H,2-6H2,1H3,(H,13,14)/t7-,8+,10+/m1/s1. The Bertz CT molecular complexity index is 402. The van der Waals surface area contributed by atoms with Crippen molar-refractivity contribution in [2.75, 3.05) is 0 Å². The summed E-state index contributed by atoms with van der Waals surface area (Å²) in [5, 5.41) is 8.85. The maximum absolute atomic E-state index is 11.8. The number of aliphatic carboxylic acids is 1. The van der Waals surface area contributed by atoms with Gasteiger partial charge in [-0.25, -0.2) is 13.1 Å². The van der Waals surface area contributed by atoms with Crippen LogP contribution in [0.15, 0.2) is 0 Å². The minimum atomic E-state index is -3.19. The second-order valence-corrected chi connectivity index (χ2v) is 7.14. The van der Waals surface area contributed by atoms with Crippen LogP contribution in [0.5, 0.6) is 0 Å². The van der Waals surface area contributed by atoms with E-state index >= 15 is 0 Å². The van der Waals surface area contributed by atoms with Crippen molar-refractivity contribution in [3.63, 3.8) is 0 Å². The first-order valence-corrected chi connectivity index (χ1v) is 7.72. The maximum Gasteiger partial charge on any atom is 0.306 e. The molecule has 2 fully saturated rings. The van der Waals surface area contributed by atoms with E-state index < -0.39 is 21.9 Å². The summed E-state index contributed by atoms with van der Waals surface area (Å²) >= 11 is 0. The topological polar surface area (TPSA) is 83.5 Å². The number of nitrogens with one attached hydrogen (secondary N) is 1. The Morgan fingerprint density at radius 3 is 2.41 bits per heavy atom. The van der Waals surface area contributed by atoms with E-state index in [9.17, 15) is 13.2 Å². The summed E-state index contributed by atoms with van der Waals surface area (Å²) in [6, 6.07) is -0.188. The largest absolute Gasteiger partial charge is 0.481 e. The summed E-state index contributed by atoms with van der Waals surface area (Å²) in [6.45, 7) is 1.96. The van der Waals surface area contributed by atoms with Gasteiger partial charge in [-0.05, 0) is 31.6 Å². The molecular formula is C11H19NO4S. The molecule has 0 aromatic rings. The van der Waals surface area contributed by atoms with Crippen LogP contribution in [0.25, 0.3) is 0 Å². The second kappa shape index (κ2) is 4.57. The molecule has 0 aliphatic heterocycles. The van der Waals surface area contributed by atoms with E-state index in [-0.39, 0.29) is 17.2 Å². The molecule has 2 aliphatic rings. The van der Waals surface area contributed by atoms with E-state index in [1.165, 1.54) is 0 Å². The molecule has 2 saturated carbocycles. The summed E-state index contributed by atoms with van der Waals surface area (Å²) in [5.41, 5.74) is 0. The minimum absolute atomic E-state index is 0.0967. The molecule has 0 spiro atoms. The summed E-state index contributed by atoms with van der Waals surface area (Å²) in [4.78, 5) is 11.1. The van der Waals surface area contributed by atoms with Gasteiger partial charge in [-0.3, -0.25) is 4.79 Å². The molecule has 0 heterocycles. The third kappa shape index (κ3) is 2.80. The molecule has 0 radical (unpaired) electrons. The average molecular weight is 261 g/mol. The van der Waals surface area contributed by atoms with E-state index in [4.69, 9.17) is 5.11 Å². The molecule has 0 aromatic heterocycles. The molecule has 6 heteroatoms. The van der Waals surface area contributed by atoms with Crippen LogP contribution in [0.3, 0.4) is 0 Å². The Hall–Kier alpha value is -0.620. The molecule has 98 valence electrons. The van der Waals surface area contributed by atoms with Crippen LogP contribution in [0, 0.1) is 11.8 Å². The van der Waals surface area contributed by atoms with Gasteiger partial charge in [0.2, 0.25) is 10.0 Å². The highest BCUT2D eigenvalue weighted by Crippen LogP contribution is 2.36. The molecule has 0 amide bonds. The van der Waals surface area contributed by atoms with Gasteiger partial charge in [-0.15, -0.1) is 0 Å².